The van der Waals surface area contributed by atoms with Gasteiger partial charge in [-0.2, -0.15) is 0 Å². The Labute approximate surface area is 165 Å². The van der Waals surface area contributed by atoms with Crippen molar-refractivity contribution in [2.75, 3.05) is 22.9 Å². The smallest absolute Gasteiger partial charge is 0.227 e. The van der Waals surface area contributed by atoms with Crippen LogP contribution in [0.2, 0.25) is 0 Å². The van der Waals surface area contributed by atoms with Crippen molar-refractivity contribution in [3.63, 3.8) is 0 Å². The number of pyridine rings is 1. The Hall–Kier alpha value is -2.83. The number of anilines is 2. The number of nitrogens with zero attached hydrogens (tertiary/aromatic N) is 5. The van der Waals surface area contributed by atoms with E-state index in [4.69, 9.17) is 0 Å². The first-order chi connectivity index (χ1) is 13.5. The van der Waals surface area contributed by atoms with Gasteiger partial charge in [0.15, 0.2) is 0 Å². The lowest BCUT2D eigenvalue weighted by molar-refractivity contribution is -0.120. The normalized spacial score (nSPS) is 17.2. The molecule has 7 nitrogen and oxygen atoms in total. The monoisotopic (exact) mass is 381 g/mol. The van der Waals surface area contributed by atoms with Crippen molar-refractivity contribution >= 4 is 23.2 Å². The van der Waals surface area contributed by atoms with Gasteiger partial charge >= 0.3 is 0 Å². The van der Waals surface area contributed by atoms with Crippen LogP contribution in [0.3, 0.4) is 0 Å². The van der Waals surface area contributed by atoms with Crippen molar-refractivity contribution in [3.05, 3.63) is 42.2 Å². The third kappa shape index (κ3) is 5.12. The van der Waals surface area contributed by atoms with Gasteiger partial charge in [0.25, 0.3) is 0 Å². The average molecular weight is 381 g/mol. The quantitative estimate of drug-likeness (QED) is 0.798. The lowest BCUT2D eigenvalue weighted by atomic mass is 10.1. The molecule has 0 bridgehead atoms. The van der Waals surface area contributed by atoms with E-state index in [0.29, 0.717) is 12.8 Å². The van der Waals surface area contributed by atoms with E-state index in [1.165, 1.54) is 0 Å². The summed E-state index contributed by atoms with van der Waals surface area (Å²) in [4.78, 5) is 39.1. The highest BCUT2D eigenvalue weighted by Gasteiger charge is 2.20. The molecule has 7 heteroatoms. The number of aryl methyl sites for hydroxylation is 2. The summed E-state index contributed by atoms with van der Waals surface area (Å²) in [5.74, 6) is 1.14. The van der Waals surface area contributed by atoms with Crippen LogP contribution in [0.15, 0.2) is 30.7 Å². The van der Waals surface area contributed by atoms with Gasteiger partial charge in [-0.3, -0.25) is 14.6 Å². The number of aromatic nitrogens is 3. The van der Waals surface area contributed by atoms with E-state index in [2.05, 4.69) is 15.0 Å². The van der Waals surface area contributed by atoms with Crippen molar-refractivity contribution in [1.29, 1.82) is 0 Å². The summed E-state index contributed by atoms with van der Waals surface area (Å²) in [6, 6.07) is 3.91. The molecular formula is C21H27N5O2. The van der Waals surface area contributed by atoms with E-state index >= 15 is 0 Å². The fourth-order valence-corrected chi connectivity index (χ4v) is 3.30. The maximum Gasteiger partial charge on any atom is 0.227 e. The Morgan fingerprint density at radius 3 is 1.75 bits per heavy atom. The van der Waals surface area contributed by atoms with Crippen LogP contribution in [0.5, 0.6) is 0 Å². The van der Waals surface area contributed by atoms with Crippen molar-refractivity contribution in [3.8, 4) is 0 Å². The lowest BCUT2D eigenvalue weighted by Crippen LogP contribution is -2.35. The lowest BCUT2D eigenvalue weighted by Gasteiger charge is -2.26. The topological polar surface area (TPSA) is 79.3 Å². The van der Waals surface area contributed by atoms with Crippen LogP contribution in [-0.2, 0) is 9.59 Å². The largest absolute Gasteiger partial charge is 0.311 e. The second-order valence-electron chi connectivity index (χ2n) is 7.15. The van der Waals surface area contributed by atoms with Crippen molar-refractivity contribution in [2.24, 2.45) is 0 Å². The SMILES string of the molecule is Cc1ccc(N2CCCCC2=O)cn1.Cc1ncc(N2CCCCC2=O)cn1. The molecule has 4 rings (SSSR count). The predicted molar refractivity (Wildman–Crippen MR) is 108 cm³/mol. The van der Waals surface area contributed by atoms with Gasteiger partial charge < -0.3 is 9.80 Å². The second kappa shape index (κ2) is 9.39. The molecule has 0 aromatic carbocycles. The molecule has 0 N–H and O–H groups in total. The van der Waals surface area contributed by atoms with Crippen LogP contribution in [0.1, 0.15) is 50.0 Å². The Morgan fingerprint density at radius 1 is 0.714 bits per heavy atom. The molecule has 0 spiro atoms. The Bertz CT molecular complexity index is 735. The number of amides is 2. The van der Waals surface area contributed by atoms with Gasteiger partial charge in [-0.1, -0.05) is 0 Å². The highest BCUT2D eigenvalue weighted by atomic mass is 16.2. The molecule has 2 aliphatic rings. The van der Waals surface area contributed by atoms with Crippen LogP contribution in [0.25, 0.3) is 0 Å². The minimum Gasteiger partial charge on any atom is -0.311 e. The molecule has 2 fully saturated rings. The third-order valence-corrected chi connectivity index (χ3v) is 4.93. The summed E-state index contributed by atoms with van der Waals surface area (Å²) >= 11 is 0. The van der Waals surface area contributed by atoms with E-state index in [0.717, 1.165) is 61.7 Å². The van der Waals surface area contributed by atoms with Gasteiger partial charge in [0.1, 0.15) is 5.82 Å². The zero-order valence-corrected chi connectivity index (χ0v) is 16.6. The van der Waals surface area contributed by atoms with Crippen LogP contribution in [0.4, 0.5) is 11.4 Å². The highest BCUT2D eigenvalue weighted by Crippen LogP contribution is 2.20. The Morgan fingerprint density at radius 2 is 1.25 bits per heavy atom. The maximum atomic E-state index is 11.6. The van der Waals surface area contributed by atoms with Crippen molar-refractivity contribution < 1.29 is 9.59 Å². The van der Waals surface area contributed by atoms with E-state index in [-0.39, 0.29) is 11.8 Å². The number of rotatable bonds is 2. The summed E-state index contributed by atoms with van der Waals surface area (Å²) in [6.07, 6.45) is 10.7. The van der Waals surface area contributed by atoms with E-state index < -0.39 is 0 Å². The number of hydrogen-bond donors (Lipinski definition) is 0. The summed E-state index contributed by atoms with van der Waals surface area (Å²) in [5, 5.41) is 0. The summed E-state index contributed by atoms with van der Waals surface area (Å²) in [5.41, 5.74) is 2.74. The third-order valence-electron chi connectivity index (χ3n) is 4.93. The summed E-state index contributed by atoms with van der Waals surface area (Å²) in [7, 11) is 0. The van der Waals surface area contributed by atoms with Crippen LogP contribution in [-0.4, -0.2) is 39.9 Å². The molecule has 0 saturated carbocycles. The first-order valence-electron chi connectivity index (χ1n) is 9.86. The number of piperidine rings is 2. The first-order valence-corrected chi connectivity index (χ1v) is 9.86. The summed E-state index contributed by atoms with van der Waals surface area (Å²) in [6.45, 7) is 5.42. The molecule has 0 unspecified atom stereocenters. The van der Waals surface area contributed by atoms with Gasteiger partial charge in [0, 0.05) is 31.6 Å². The standard InChI is InChI=1S/C11H14N2O.C10H13N3O/c1-9-5-6-10(8-12-9)13-7-3-2-4-11(13)14;1-8-11-6-9(7-12-8)13-5-3-2-4-10(13)14/h5-6,8H,2-4,7H2,1H3;6-7H,2-5H2,1H3. The minimum atomic E-state index is 0.184. The van der Waals surface area contributed by atoms with Gasteiger partial charge in [-0.05, 0) is 51.7 Å². The average Bonchev–Trinajstić information content (AvgIpc) is 2.71. The molecule has 2 saturated heterocycles. The second-order valence-corrected chi connectivity index (χ2v) is 7.15. The molecule has 148 valence electrons. The van der Waals surface area contributed by atoms with Gasteiger partial charge in [0.2, 0.25) is 11.8 Å². The zero-order chi connectivity index (χ0) is 19.9. The molecule has 0 aliphatic carbocycles. The van der Waals surface area contributed by atoms with Gasteiger partial charge in [0.05, 0.1) is 30.0 Å². The number of hydrogen-bond acceptors (Lipinski definition) is 5. The molecule has 2 aliphatic heterocycles. The molecule has 2 amide bonds. The Kier molecular flexibility index (Phi) is 6.68. The fourth-order valence-electron chi connectivity index (χ4n) is 3.30. The maximum absolute atomic E-state index is 11.6. The molecule has 0 atom stereocenters. The fraction of sp³-hybridized carbons (Fsp3) is 0.476. The molecular weight excluding hydrogens is 354 g/mol. The van der Waals surface area contributed by atoms with Crippen molar-refractivity contribution in [2.45, 2.75) is 52.4 Å². The molecule has 2 aromatic heterocycles. The number of carbonyl (C=O) groups excluding carboxylic acids is 2. The molecule has 2 aromatic rings. The highest BCUT2D eigenvalue weighted by molar-refractivity contribution is 5.94. The zero-order valence-electron chi connectivity index (χ0n) is 16.6. The molecule has 0 radical (unpaired) electrons. The summed E-state index contributed by atoms with van der Waals surface area (Å²) < 4.78 is 0. The van der Waals surface area contributed by atoms with Crippen LogP contribution < -0.4 is 9.80 Å². The first kappa shape index (κ1) is 19.9. The van der Waals surface area contributed by atoms with Crippen LogP contribution in [0, 0.1) is 13.8 Å². The Balaban J connectivity index is 0.000000161. The number of carbonyl (C=O) groups is 2. The predicted octanol–water partition coefficient (Wildman–Crippen LogP) is 3.21. The van der Waals surface area contributed by atoms with Crippen LogP contribution >= 0.6 is 0 Å². The van der Waals surface area contributed by atoms with E-state index in [1.807, 2.05) is 30.9 Å². The molecule has 4 heterocycles. The van der Waals surface area contributed by atoms with Crippen molar-refractivity contribution in [1.82, 2.24) is 15.0 Å². The van der Waals surface area contributed by atoms with Gasteiger partial charge in [-0.25, -0.2) is 9.97 Å². The minimum absolute atomic E-state index is 0.184. The van der Waals surface area contributed by atoms with Gasteiger partial charge in [-0.15, -0.1) is 0 Å². The van der Waals surface area contributed by atoms with E-state index in [9.17, 15) is 9.59 Å². The van der Waals surface area contributed by atoms with E-state index in [1.54, 1.807) is 23.5 Å². The molecule has 28 heavy (non-hydrogen) atoms.